The predicted molar refractivity (Wildman–Crippen MR) is 87.4 cm³/mol. The Morgan fingerprint density at radius 3 is 2.65 bits per heavy atom. The Bertz CT molecular complexity index is 608. The molecule has 2 heterocycles. The summed E-state index contributed by atoms with van der Waals surface area (Å²) in [6, 6.07) is 9.62. The average molecular weight is 333 g/mol. The summed E-state index contributed by atoms with van der Waals surface area (Å²) < 4.78 is 0. The van der Waals surface area contributed by atoms with Crippen LogP contribution in [-0.4, -0.2) is 58.3 Å². The van der Waals surface area contributed by atoms with Gasteiger partial charge in [-0.05, 0) is 5.56 Å². The van der Waals surface area contributed by atoms with Crippen LogP contribution in [0, 0.1) is 0 Å². The Morgan fingerprint density at radius 1 is 1.17 bits per heavy atom. The molecule has 122 valence electrons. The van der Waals surface area contributed by atoms with E-state index in [0.717, 1.165) is 5.56 Å². The highest BCUT2D eigenvalue weighted by molar-refractivity contribution is 8.00. The fraction of sp³-hybridized carbons (Fsp3) is 0.438. The largest absolute Gasteiger partial charge is 0.350 e. The van der Waals surface area contributed by atoms with Crippen LogP contribution in [0.25, 0.3) is 0 Å². The first kappa shape index (κ1) is 15.9. The van der Waals surface area contributed by atoms with Gasteiger partial charge in [-0.15, -0.1) is 11.8 Å². The Balaban J connectivity index is 1.49. The first-order chi connectivity index (χ1) is 11.1. The highest BCUT2D eigenvalue weighted by Crippen LogP contribution is 2.16. The lowest BCUT2D eigenvalue weighted by Crippen LogP contribution is -2.43. The average Bonchev–Trinajstić information content (AvgIpc) is 3.07. The zero-order valence-corrected chi connectivity index (χ0v) is 13.6. The molecule has 7 heteroatoms. The second-order valence-electron chi connectivity index (χ2n) is 5.80. The Hall–Kier alpha value is -2.02. The molecule has 0 unspecified atom stereocenters. The van der Waals surface area contributed by atoms with Gasteiger partial charge in [0.2, 0.25) is 17.7 Å². The number of rotatable bonds is 5. The summed E-state index contributed by atoms with van der Waals surface area (Å²) in [5, 5.41) is 2.87. The molecule has 2 aliphatic heterocycles. The molecule has 0 spiro atoms. The third-order valence-electron chi connectivity index (χ3n) is 3.96. The number of amides is 3. The summed E-state index contributed by atoms with van der Waals surface area (Å²) in [6.45, 7) is 1.16. The fourth-order valence-electron chi connectivity index (χ4n) is 2.81. The van der Waals surface area contributed by atoms with Crippen molar-refractivity contribution in [3.8, 4) is 0 Å². The zero-order chi connectivity index (χ0) is 16.2. The van der Waals surface area contributed by atoms with Crippen LogP contribution >= 0.6 is 11.8 Å². The van der Waals surface area contributed by atoms with Crippen LogP contribution in [-0.2, 0) is 20.9 Å². The van der Waals surface area contributed by atoms with E-state index in [1.54, 1.807) is 9.80 Å². The van der Waals surface area contributed by atoms with Gasteiger partial charge < -0.3 is 15.1 Å². The third kappa shape index (κ3) is 4.04. The summed E-state index contributed by atoms with van der Waals surface area (Å²) >= 11 is 1.51. The van der Waals surface area contributed by atoms with Crippen molar-refractivity contribution in [3.63, 3.8) is 0 Å². The minimum Gasteiger partial charge on any atom is -0.350 e. The van der Waals surface area contributed by atoms with E-state index in [9.17, 15) is 14.4 Å². The van der Waals surface area contributed by atoms with E-state index in [2.05, 4.69) is 5.32 Å². The van der Waals surface area contributed by atoms with Gasteiger partial charge in [0.15, 0.2) is 0 Å². The Kier molecular flexibility index (Phi) is 4.85. The number of carbonyl (C=O) groups is 3. The van der Waals surface area contributed by atoms with Crippen LogP contribution < -0.4 is 5.32 Å². The molecule has 0 saturated carbocycles. The molecule has 3 amide bonds. The third-order valence-corrected chi connectivity index (χ3v) is 4.90. The number of nitrogens with one attached hydrogen (secondary N) is 1. The minimum atomic E-state index is -0.194. The van der Waals surface area contributed by atoms with Crippen LogP contribution in [0.3, 0.4) is 0 Å². The number of hydrogen-bond donors (Lipinski definition) is 1. The summed E-state index contributed by atoms with van der Waals surface area (Å²) in [4.78, 5) is 38.9. The van der Waals surface area contributed by atoms with Gasteiger partial charge in [0.1, 0.15) is 6.54 Å². The van der Waals surface area contributed by atoms with Gasteiger partial charge in [0.25, 0.3) is 0 Å². The van der Waals surface area contributed by atoms with Crippen LogP contribution in [0.15, 0.2) is 30.3 Å². The highest BCUT2D eigenvalue weighted by atomic mass is 32.2. The number of carbonyl (C=O) groups excluding carboxylic acids is 3. The molecule has 1 aromatic rings. The number of hydrogen-bond acceptors (Lipinski definition) is 4. The van der Waals surface area contributed by atoms with Crippen LogP contribution in [0.2, 0.25) is 0 Å². The molecule has 1 atom stereocenters. The van der Waals surface area contributed by atoms with Gasteiger partial charge in [0.05, 0.1) is 17.7 Å². The topological polar surface area (TPSA) is 69.7 Å². The molecule has 1 aromatic carbocycles. The van der Waals surface area contributed by atoms with Crippen molar-refractivity contribution >= 4 is 29.5 Å². The molecule has 3 rings (SSSR count). The van der Waals surface area contributed by atoms with Crippen LogP contribution in [0.5, 0.6) is 0 Å². The maximum atomic E-state index is 12.1. The molecule has 2 aliphatic rings. The molecule has 0 aliphatic carbocycles. The van der Waals surface area contributed by atoms with Gasteiger partial charge >= 0.3 is 0 Å². The van der Waals surface area contributed by atoms with Gasteiger partial charge in [-0.2, -0.15) is 0 Å². The lowest BCUT2D eigenvalue weighted by Gasteiger charge is -2.19. The molecule has 23 heavy (non-hydrogen) atoms. The van der Waals surface area contributed by atoms with Crippen LogP contribution in [0.4, 0.5) is 0 Å². The first-order valence-corrected chi connectivity index (χ1v) is 8.74. The number of thioether (sulfide) groups is 1. The first-order valence-electron chi connectivity index (χ1n) is 7.58. The van der Waals surface area contributed by atoms with E-state index < -0.39 is 0 Å². The number of likely N-dealkylation sites (tertiary alicyclic amines) is 1. The summed E-state index contributed by atoms with van der Waals surface area (Å²) in [7, 11) is 0. The molecule has 0 bridgehead atoms. The molecular weight excluding hydrogens is 314 g/mol. The van der Waals surface area contributed by atoms with E-state index in [1.807, 2.05) is 30.3 Å². The smallest absolute Gasteiger partial charge is 0.239 e. The van der Waals surface area contributed by atoms with E-state index in [1.165, 1.54) is 11.8 Å². The molecular formula is C16H19N3O3S. The molecule has 0 aromatic heterocycles. The summed E-state index contributed by atoms with van der Waals surface area (Å²) in [5.41, 5.74) is 1.08. The maximum Gasteiger partial charge on any atom is 0.239 e. The minimum absolute atomic E-state index is 0.00153. The van der Waals surface area contributed by atoms with E-state index >= 15 is 0 Å². The highest BCUT2D eigenvalue weighted by Gasteiger charge is 2.31. The molecule has 2 saturated heterocycles. The molecule has 2 fully saturated rings. The Labute approximate surface area is 139 Å². The van der Waals surface area contributed by atoms with Crippen molar-refractivity contribution in [2.45, 2.75) is 19.0 Å². The Morgan fingerprint density at radius 2 is 1.96 bits per heavy atom. The molecule has 0 radical (unpaired) electrons. The second kappa shape index (κ2) is 7.04. The van der Waals surface area contributed by atoms with E-state index in [4.69, 9.17) is 0 Å². The number of benzene rings is 1. The quantitative estimate of drug-likeness (QED) is 0.849. The normalized spacial score (nSPS) is 21.1. The standard InChI is InChI=1S/C16H19N3O3S/c20-14(9-19-11-23-10-16(19)22)17-13-6-15(21)18(8-13)7-12-4-2-1-3-5-12/h1-5,13H,6-11H2,(H,17,20)/t13-/m0/s1. The molecule has 1 N–H and O–H groups in total. The van der Waals surface area contributed by atoms with Crippen molar-refractivity contribution in [2.24, 2.45) is 0 Å². The van der Waals surface area contributed by atoms with E-state index in [-0.39, 0.29) is 30.3 Å². The van der Waals surface area contributed by atoms with Crippen molar-refractivity contribution < 1.29 is 14.4 Å². The number of nitrogens with zero attached hydrogens (tertiary/aromatic N) is 2. The van der Waals surface area contributed by atoms with E-state index in [0.29, 0.717) is 31.1 Å². The van der Waals surface area contributed by atoms with Crippen LogP contribution in [0.1, 0.15) is 12.0 Å². The van der Waals surface area contributed by atoms with Crippen molar-refractivity contribution in [2.75, 3.05) is 24.7 Å². The molecule has 6 nitrogen and oxygen atoms in total. The summed E-state index contributed by atoms with van der Waals surface area (Å²) in [6.07, 6.45) is 0.321. The van der Waals surface area contributed by atoms with Crippen molar-refractivity contribution in [3.05, 3.63) is 35.9 Å². The van der Waals surface area contributed by atoms with Crippen molar-refractivity contribution in [1.29, 1.82) is 0 Å². The van der Waals surface area contributed by atoms with Gasteiger partial charge in [-0.25, -0.2) is 0 Å². The summed E-state index contributed by atoms with van der Waals surface area (Å²) in [5.74, 6) is 0.862. The zero-order valence-electron chi connectivity index (χ0n) is 12.7. The van der Waals surface area contributed by atoms with Crippen molar-refractivity contribution in [1.82, 2.24) is 15.1 Å². The predicted octanol–water partition coefficient (Wildman–Crippen LogP) is 0.437. The second-order valence-corrected chi connectivity index (χ2v) is 6.75. The fourth-order valence-corrected chi connectivity index (χ4v) is 3.72. The maximum absolute atomic E-state index is 12.1. The lowest BCUT2D eigenvalue weighted by molar-refractivity contribution is -0.132. The monoisotopic (exact) mass is 333 g/mol. The van der Waals surface area contributed by atoms with Gasteiger partial charge in [0, 0.05) is 19.5 Å². The SMILES string of the molecule is O=C(CN1CSCC1=O)N[C@H]1CC(=O)N(Cc2ccccc2)C1. The lowest BCUT2D eigenvalue weighted by atomic mass is 10.2. The van der Waals surface area contributed by atoms with Gasteiger partial charge in [-0.3, -0.25) is 14.4 Å². The van der Waals surface area contributed by atoms with Gasteiger partial charge in [-0.1, -0.05) is 30.3 Å².